The third kappa shape index (κ3) is 4.51. The molecule has 2 aliphatic heterocycles. The van der Waals surface area contributed by atoms with Crippen LogP contribution in [0.2, 0.25) is 0 Å². The first-order valence-electron chi connectivity index (χ1n) is 11.0. The minimum Gasteiger partial charge on any atom is -0.444 e. The first-order chi connectivity index (χ1) is 15.8. The van der Waals surface area contributed by atoms with Crippen molar-refractivity contribution in [2.75, 3.05) is 34.0 Å². The average Bonchev–Trinajstić information content (AvgIpc) is 3.07. The van der Waals surface area contributed by atoms with Crippen molar-refractivity contribution in [3.8, 4) is 0 Å². The van der Waals surface area contributed by atoms with Crippen molar-refractivity contribution in [1.82, 2.24) is 25.1 Å². The number of benzene rings is 2. The Bertz CT molecular complexity index is 965. The molecule has 33 heavy (non-hydrogen) atoms. The Labute approximate surface area is 193 Å². The fourth-order valence-electron chi connectivity index (χ4n) is 4.72. The second kappa shape index (κ2) is 9.36. The molecule has 1 unspecified atom stereocenters. The number of carbonyl (C=O) groups excluding carboxylic acids is 2. The number of ether oxygens (including phenoxy) is 1. The number of carbonyl (C=O) groups is 2. The van der Waals surface area contributed by atoms with E-state index in [4.69, 9.17) is 4.74 Å². The zero-order valence-corrected chi connectivity index (χ0v) is 19.1. The molecule has 0 bridgehead atoms. The number of amides is 3. The molecule has 1 N–H and O–H groups in total. The van der Waals surface area contributed by atoms with E-state index in [0.29, 0.717) is 0 Å². The SMILES string of the molecule is C[C@H]1CN(NC(=O)OCc2ccccc2)[C@@H](c2ccccc2)C1(F)N1CN(C)C(=O)N(C)C1. The van der Waals surface area contributed by atoms with Crippen molar-refractivity contribution in [2.24, 2.45) is 5.92 Å². The molecule has 0 radical (unpaired) electrons. The Morgan fingerprint density at radius 2 is 1.64 bits per heavy atom. The number of urea groups is 1. The van der Waals surface area contributed by atoms with Gasteiger partial charge in [0.25, 0.3) is 0 Å². The van der Waals surface area contributed by atoms with Crippen LogP contribution in [0.4, 0.5) is 14.0 Å². The van der Waals surface area contributed by atoms with E-state index in [9.17, 15) is 9.59 Å². The highest BCUT2D eigenvalue weighted by molar-refractivity contribution is 5.74. The number of hydrogen-bond acceptors (Lipinski definition) is 5. The standard InChI is InChI=1S/C24H30FN5O3/c1-18-14-30(26-22(31)33-15-19-10-6-4-7-11-19)21(20-12-8-5-9-13-20)24(18,25)29-16-27(2)23(32)28(3)17-29/h4-13,18,21H,14-17H2,1-3H3,(H,26,31)/t18-,21-,24?/m0/s1. The summed E-state index contributed by atoms with van der Waals surface area (Å²) in [6, 6.07) is 17.7. The van der Waals surface area contributed by atoms with Crippen LogP contribution in [0.1, 0.15) is 24.1 Å². The van der Waals surface area contributed by atoms with Gasteiger partial charge in [0.2, 0.25) is 0 Å². The van der Waals surface area contributed by atoms with Crippen molar-refractivity contribution < 1.29 is 18.7 Å². The summed E-state index contributed by atoms with van der Waals surface area (Å²) < 4.78 is 22.5. The van der Waals surface area contributed by atoms with Gasteiger partial charge in [-0.2, -0.15) is 0 Å². The van der Waals surface area contributed by atoms with Crippen LogP contribution in [0.5, 0.6) is 0 Å². The molecule has 2 heterocycles. The fourth-order valence-corrected chi connectivity index (χ4v) is 4.72. The van der Waals surface area contributed by atoms with E-state index in [-0.39, 0.29) is 32.5 Å². The van der Waals surface area contributed by atoms with E-state index < -0.39 is 23.8 Å². The maximum absolute atomic E-state index is 17.1. The summed E-state index contributed by atoms with van der Waals surface area (Å²) >= 11 is 0. The lowest BCUT2D eigenvalue weighted by Gasteiger charge is -2.48. The molecule has 4 rings (SSSR count). The van der Waals surface area contributed by atoms with Gasteiger partial charge >= 0.3 is 12.1 Å². The van der Waals surface area contributed by atoms with Gasteiger partial charge < -0.3 is 14.5 Å². The van der Waals surface area contributed by atoms with E-state index >= 15 is 4.39 Å². The number of alkyl halides is 1. The summed E-state index contributed by atoms with van der Waals surface area (Å²) in [7, 11) is 3.31. The van der Waals surface area contributed by atoms with Crippen molar-refractivity contribution in [1.29, 1.82) is 0 Å². The van der Waals surface area contributed by atoms with Crippen LogP contribution >= 0.6 is 0 Å². The van der Waals surface area contributed by atoms with Crippen LogP contribution in [0.15, 0.2) is 60.7 Å². The molecule has 8 nitrogen and oxygen atoms in total. The van der Waals surface area contributed by atoms with Gasteiger partial charge in [-0.15, -0.1) is 0 Å². The number of rotatable bonds is 5. The van der Waals surface area contributed by atoms with Gasteiger partial charge in [0, 0.05) is 26.6 Å². The highest BCUT2D eigenvalue weighted by atomic mass is 19.1. The Hall–Kier alpha value is -3.17. The molecule has 3 amide bonds. The predicted molar refractivity (Wildman–Crippen MR) is 121 cm³/mol. The molecule has 0 spiro atoms. The number of hydrazine groups is 1. The van der Waals surface area contributed by atoms with E-state index in [1.807, 2.05) is 67.6 Å². The first kappa shape index (κ1) is 23.0. The third-order valence-electron chi connectivity index (χ3n) is 6.32. The van der Waals surface area contributed by atoms with E-state index in [1.165, 1.54) is 9.80 Å². The number of nitrogens with zero attached hydrogens (tertiary/aromatic N) is 4. The van der Waals surface area contributed by atoms with Crippen molar-refractivity contribution >= 4 is 12.1 Å². The summed E-state index contributed by atoms with van der Waals surface area (Å²) in [6.45, 7) is 2.54. The molecule has 9 heteroatoms. The number of halogens is 1. The average molecular weight is 456 g/mol. The molecule has 0 aromatic heterocycles. The Morgan fingerprint density at radius 1 is 1.06 bits per heavy atom. The van der Waals surface area contributed by atoms with Gasteiger partial charge in [0.1, 0.15) is 12.6 Å². The lowest BCUT2D eigenvalue weighted by molar-refractivity contribution is -0.132. The van der Waals surface area contributed by atoms with Crippen molar-refractivity contribution in [2.45, 2.75) is 25.4 Å². The van der Waals surface area contributed by atoms with Crippen LogP contribution < -0.4 is 5.43 Å². The van der Waals surface area contributed by atoms with Gasteiger partial charge in [0.15, 0.2) is 5.79 Å². The Kier molecular flexibility index (Phi) is 6.53. The van der Waals surface area contributed by atoms with Crippen LogP contribution in [-0.4, -0.2) is 71.6 Å². The zero-order valence-electron chi connectivity index (χ0n) is 19.1. The summed E-state index contributed by atoms with van der Waals surface area (Å²) in [6.07, 6.45) is -0.640. The quantitative estimate of drug-likeness (QED) is 0.700. The third-order valence-corrected chi connectivity index (χ3v) is 6.32. The highest BCUT2D eigenvalue weighted by Gasteiger charge is 2.59. The molecular formula is C24H30FN5O3. The van der Waals surface area contributed by atoms with Crippen LogP contribution in [0.3, 0.4) is 0 Å². The number of nitrogens with one attached hydrogen (secondary N) is 1. The summed E-state index contributed by atoms with van der Waals surface area (Å²) in [5.41, 5.74) is 4.36. The summed E-state index contributed by atoms with van der Waals surface area (Å²) in [5, 5.41) is 1.61. The number of hydrogen-bond donors (Lipinski definition) is 1. The maximum Gasteiger partial charge on any atom is 0.422 e. The largest absolute Gasteiger partial charge is 0.444 e. The van der Waals surface area contributed by atoms with Gasteiger partial charge in [-0.1, -0.05) is 67.6 Å². The zero-order chi connectivity index (χ0) is 23.6. The molecule has 0 saturated carbocycles. The molecule has 2 saturated heterocycles. The van der Waals surface area contributed by atoms with Gasteiger partial charge in [-0.3, -0.25) is 5.43 Å². The minimum atomic E-state index is -1.84. The van der Waals surface area contributed by atoms with E-state index in [1.54, 1.807) is 24.0 Å². The van der Waals surface area contributed by atoms with E-state index in [0.717, 1.165) is 11.1 Å². The molecule has 2 aromatic carbocycles. The molecule has 2 aromatic rings. The molecule has 2 aliphatic rings. The molecule has 2 fully saturated rings. The topological polar surface area (TPSA) is 68.4 Å². The predicted octanol–water partition coefficient (Wildman–Crippen LogP) is 3.40. The van der Waals surface area contributed by atoms with Crippen molar-refractivity contribution in [3.05, 3.63) is 71.8 Å². The van der Waals surface area contributed by atoms with Crippen LogP contribution in [0, 0.1) is 5.92 Å². The van der Waals surface area contributed by atoms with Crippen molar-refractivity contribution in [3.63, 3.8) is 0 Å². The summed E-state index contributed by atoms with van der Waals surface area (Å²) in [5.74, 6) is -2.29. The normalized spacial score (nSPS) is 26.5. The van der Waals surface area contributed by atoms with Gasteiger partial charge in [-0.05, 0) is 11.1 Å². The monoisotopic (exact) mass is 455 g/mol. The molecule has 3 atom stereocenters. The highest BCUT2D eigenvalue weighted by Crippen LogP contribution is 2.48. The fraction of sp³-hybridized carbons (Fsp3) is 0.417. The van der Waals surface area contributed by atoms with Crippen LogP contribution in [0.25, 0.3) is 0 Å². The lowest BCUT2D eigenvalue weighted by atomic mass is 9.91. The van der Waals surface area contributed by atoms with Gasteiger partial charge in [-0.25, -0.2) is 23.9 Å². The van der Waals surface area contributed by atoms with Crippen LogP contribution in [-0.2, 0) is 11.3 Å². The summed E-state index contributed by atoms with van der Waals surface area (Å²) in [4.78, 5) is 29.5. The second-order valence-electron chi connectivity index (χ2n) is 8.77. The second-order valence-corrected chi connectivity index (χ2v) is 8.77. The molecule has 0 aliphatic carbocycles. The first-order valence-corrected chi connectivity index (χ1v) is 11.0. The Balaban J connectivity index is 1.57. The molecular weight excluding hydrogens is 425 g/mol. The van der Waals surface area contributed by atoms with E-state index in [2.05, 4.69) is 5.43 Å². The van der Waals surface area contributed by atoms with Gasteiger partial charge in [0.05, 0.1) is 13.3 Å². The maximum atomic E-state index is 17.1. The Morgan fingerprint density at radius 3 is 2.24 bits per heavy atom. The smallest absolute Gasteiger partial charge is 0.422 e. The minimum absolute atomic E-state index is 0.122. The lowest BCUT2D eigenvalue weighted by Crippen LogP contribution is -2.64. The molecule has 176 valence electrons.